The van der Waals surface area contributed by atoms with Crippen LogP contribution in [0.5, 0.6) is 5.75 Å². The maximum atomic E-state index is 14.6. The summed E-state index contributed by atoms with van der Waals surface area (Å²) >= 11 is 1.09. The summed E-state index contributed by atoms with van der Waals surface area (Å²) in [7, 11) is 1.89. The van der Waals surface area contributed by atoms with E-state index < -0.39 is 66.6 Å². The summed E-state index contributed by atoms with van der Waals surface area (Å²) in [4.78, 5) is 86.0. The van der Waals surface area contributed by atoms with E-state index in [4.69, 9.17) is 9.47 Å². The van der Waals surface area contributed by atoms with Crippen LogP contribution < -0.4 is 10.6 Å². The van der Waals surface area contributed by atoms with Crippen molar-refractivity contribution < 1.29 is 48.5 Å². The molecule has 1 aromatic heterocycles. The number of aromatic nitrogens is 1. The Bertz CT molecular complexity index is 1650. The number of amides is 3. The van der Waals surface area contributed by atoms with Crippen molar-refractivity contribution in [2.75, 3.05) is 20.3 Å². The van der Waals surface area contributed by atoms with Gasteiger partial charge in [0.25, 0.3) is 5.91 Å². The van der Waals surface area contributed by atoms with Crippen LogP contribution in [-0.4, -0.2) is 105 Å². The Morgan fingerprint density at radius 2 is 1.68 bits per heavy atom. The zero-order valence-electron chi connectivity index (χ0n) is 33.8. The van der Waals surface area contributed by atoms with Crippen LogP contribution in [0, 0.1) is 17.8 Å². The molecule has 7 unspecified atom stereocenters. The highest BCUT2D eigenvalue weighted by Crippen LogP contribution is 2.32. The van der Waals surface area contributed by atoms with Gasteiger partial charge in [-0.15, -0.1) is 11.3 Å². The SMILES string of the molecule is CCC(C)C(NC(=O)C1CCCCN1C)C(=O)N(COC(C)=O)C(CC(OC(C)=O)c1nc(C(=O)NC(Cc2ccc(O)cc2)CC(C)C(=O)O)cs1)C(C)C. The molecule has 1 aliphatic heterocycles. The standard InChI is InChI=1S/C40H59N5O10S/c1-9-24(4)35(43-37(50)32-12-10-11-17-44(32)8)39(51)45(22-54-26(6)46)33(23(2)3)20-34(55-27(7)47)38-42-31(21-56-38)36(49)41-29(18-25(5)40(52)53)19-28-13-15-30(48)16-14-28/h13-16,21,23-25,29,32-35,48H,9-12,17-20,22H2,1-8H3,(H,41,49)(H,43,50)(H,52,53). The molecule has 1 aliphatic rings. The van der Waals surface area contributed by atoms with Crippen LogP contribution in [0.3, 0.4) is 0 Å². The Morgan fingerprint density at radius 3 is 2.25 bits per heavy atom. The zero-order chi connectivity index (χ0) is 41.7. The van der Waals surface area contributed by atoms with E-state index >= 15 is 0 Å². The fraction of sp³-hybridized carbons (Fsp3) is 0.625. The molecular formula is C40H59N5O10S. The van der Waals surface area contributed by atoms with Gasteiger partial charge in [0.1, 0.15) is 22.5 Å². The summed E-state index contributed by atoms with van der Waals surface area (Å²) in [5.41, 5.74) is 0.811. The number of likely N-dealkylation sites (N-methyl/N-ethyl adjacent to an activating group) is 1. The number of phenols is 1. The quantitative estimate of drug-likeness (QED) is 0.106. The van der Waals surface area contributed by atoms with Crippen molar-refractivity contribution in [3.63, 3.8) is 0 Å². The monoisotopic (exact) mass is 801 g/mol. The van der Waals surface area contributed by atoms with E-state index in [1.165, 1.54) is 36.3 Å². The summed E-state index contributed by atoms with van der Waals surface area (Å²) in [6.45, 7) is 12.0. The Hall–Kier alpha value is -4.57. The summed E-state index contributed by atoms with van der Waals surface area (Å²) in [5.74, 6) is -4.68. The molecule has 310 valence electrons. The lowest BCUT2D eigenvalue weighted by Gasteiger charge is -2.39. The van der Waals surface area contributed by atoms with Gasteiger partial charge in [-0.05, 0) is 68.8 Å². The number of carbonyl (C=O) groups excluding carboxylic acids is 5. The molecule has 3 rings (SSSR count). The van der Waals surface area contributed by atoms with Gasteiger partial charge >= 0.3 is 17.9 Å². The number of benzene rings is 1. The number of hydrogen-bond donors (Lipinski definition) is 4. The summed E-state index contributed by atoms with van der Waals surface area (Å²) in [5, 5.41) is 27.0. The molecule has 0 saturated carbocycles. The van der Waals surface area contributed by atoms with Crippen molar-refractivity contribution in [1.82, 2.24) is 25.4 Å². The number of likely N-dealkylation sites (tertiary alicyclic amines) is 1. The Labute approximate surface area is 333 Å². The largest absolute Gasteiger partial charge is 0.508 e. The number of thiazole rings is 1. The number of carboxylic acid groups (broad SMARTS) is 1. The number of nitrogens with zero attached hydrogens (tertiary/aromatic N) is 3. The second-order valence-electron chi connectivity index (χ2n) is 15.2. The smallest absolute Gasteiger partial charge is 0.306 e. The van der Waals surface area contributed by atoms with Crippen molar-refractivity contribution in [3.8, 4) is 5.75 Å². The van der Waals surface area contributed by atoms with Gasteiger partial charge in [0.2, 0.25) is 11.8 Å². The molecule has 0 radical (unpaired) electrons. The number of carboxylic acids is 1. The van der Waals surface area contributed by atoms with E-state index in [1.807, 2.05) is 39.6 Å². The van der Waals surface area contributed by atoms with E-state index in [0.717, 1.165) is 36.3 Å². The lowest BCUT2D eigenvalue weighted by molar-refractivity contribution is -0.159. The van der Waals surface area contributed by atoms with Crippen molar-refractivity contribution in [3.05, 3.63) is 45.9 Å². The first-order valence-electron chi connectivity index (χ1n) is 19.3. The Kier molecular flexibility index (Phi) is 17.7. The molecule has 1 saturated heterocycles. The van der Waals surface area contributed by atoms with Gasteiger partial charge in [0.05, 0.1) is 12.0 Å². The lowest BCUT2D eigenvalue weighted by Crippen LogP contribution is -2.59. The molecule has 16 heteroatoms. The molecular weight excluding hydrogens is 743 g/mol. The minimum Gasteiger partial charge on any atom is -0.508 e. The molecule has 0 aliphatic carbocycles. The third-order valence-electron chi connectivity index (χ3n) is 10.3. The first kappa shape index (κ1) is 45.8. The minimum atomic E-state index is -1.01. The number of esters is 2. The third-order valence-corrected chi connectivity index (χ3v) is 11.3. The van der Waals surface area contributed by atoms with E-state index in [2.05, 4.69) is 15.6 Å². The first-order valence-corrected chi connectivity index (χ1v) is 20.2. The van der Waals surface area contributed by atoms with Gasteiger partial charge in [-0.3, -0.25) is 33.7 Å². The Morgan fingerprint density at radius 1 is 1.00 bits per heavy atom. The molecule has 1 fully saturated rings. The van der Waals surface area contributed by atoms with Crippen molar-refractivity contribution >= 4 is 47.0 Å². The number of carbonyl (C=O) groups is 6. The number of aromatic hydroxyl groups is 1. The van der Waals surface area contributed by atoms with E-state index in [-0.39, 0.29) is 53.1 Å². The van der Waals surface area contributed by atoms with Gasteiger partial charge in [-0.25, -0.2) is 4.98 Å². The molecule has 0 spiro atoms. The number of nitrogens with one attached hydrogen (secondary N) is 2. The van der Waals surface area contributed by atoms with Gasteiger partial charge in [-0.2, -0.15) is 0 Å². The molecule has 3 amide bonds. The van der Waals surface area contributed by atoms with Crippen LogP contribution in [0.4, 0.5) is 0 Å². The number of phenolic OH excluding ortho intramolecular Hbond substituents is 1. The average molecular weight is 802 g/mol. The highest BCUT2D eigenvalue weighted by Gasteiger charge is 2.39. The molecule has 1 aromatic carbocycles. The molecule has 15 nitrogen and oxygen atoms in total. The lowest BCUT2D eigenvalue weighted by atomic mass is 9.92. The molecule has 7 atom stereocenters. The predicted molar refractivity (Wildman–Crippen MR) is 209 cm³/mol. The Balaban J connectivity index is 1.92. The maximum Gasteiger partial charge on any atom is 0.306 e. The summed E-state index contributed by atoms with van der Waals surface area (Å²) in [6.07, 6.45) is 2.60. The minimum absolute atomic E-state index is 0.0296. The van der Waals surface area contributed by atoms with Crippen LogP contribution in [-0.2, 0) is 39.9 Å². The zero-order valence-corrected chi connectivity index (χ0v) is 34.6. The van der Waals surface area contributed by atoms with Gasteiger partial charge < -0.3 is 35.2 Å². The molecule has 2 heterocycles. The van der Waals surface area contributed by atoms with Crippen molar-refractivity contribution in [1.29, 1.82) is 0 Å². The van der Waals surface area contributed by atoms with Crippen LogP contribution in [0.2, 0.25) is 0 Å². The first-order chi connectivity index (χ1) is 26.4. The second kappa shape index (κ2) is 21.7. The van der Waals surface area contributed by atoms with E-state index in [9.17, 15) is 39.0 Å². The third kappa shape index (κ3) is 13.6. The van der Waals surface area contributed by atoms with Gasteiger partial charge in [0, 0.05) is 37.7 Å². The number of piperidine rings is 1. The molecule has 56 heavy (non-hydrogen) atoms. The fourth-order valence-electron chi connectivity index (χ4n) is 6.82. The van der Waals surface area contributed by atoms with Crippen LogP contribution in [0.15, 0.2) is 29.6 Å². The predicted octanol–water partition coefficient (Wildman–Crippen LogP) is 4.68. The fourth-order valence-corrected chi connectivity index (χ4v) is 7.65. The van der Waals surface area contributed by atoms with E-state index in [0.29, 0.717) is 19.3 Å². The topological polar surface area (TPSA) is 205 Å². The van der Waals surface area contributed by atoms with Crippen LogP contribution >= 0.6 is 11.3 Å². The molecule has 0 bridgehead atoms. The van der Waals surface area contributed by atoms with Gasteiger partial charge in [-0.1, -0.05) is 59.6 Å². The van der Waals surface area contributed by atoms with E-state index in [1.54, 1.807) is 19.1 Å². The summed E-state index contributed by atoms with van der Waals surface area (Å²) < 4.78 is 11.2. The van der Waals surface area contributed by atoms with Crippen molar-refractivity contribution in [2.45, 2.75) is 124 Å². The van der Waals surface area contributed by atoms with Crippen molar-refractivity contribution in [2.24, 2.45) is 17.8 Å². The highest BCUT2D eigenvalue weighted by molar-refractivity contribution is 7.09. The number of hydrogen-bond acceptors (Lipinski definition) is 12. The highest BCUT2D eigenvalue weighted by atomic mass is 32.1. The number of aliphatic carboxylic acids is 1. The number of ether oxygens (including phenoxy) is 2. The van der Waals surface area contributed by atoms with Crippen LogP contribution in [0.25, 0.3) is 0 Å². The van der Waals surface area contributed by atoms with Gasteiger partial charge in [0.15, 0.2) is 12.8 Å². The van der Waals surface area contributed by atoms with Crippen LogP contribution in [0.1, 0.15) is 114 Å². The maximum absolute atomic E-state index is 14.6. The molecule has 4 N–H and O–H groups in total. The summed E-state index contributed by atoms with van der Waals surface area (Å²) in [6, 6.07) is 3.84. The second-order valence-corrected chi connectivity index (χ2v) is 16.1. The molecule has 2 aromatic rings. The normalized spacial score (nSPS) is 17.8. The number of rotatable bonds is 20. The average Bonchev–Trinajstić information content (AvgIpc) is 3.64.